The normalized spacial score (nSPS) is 17.0. The third kappa shape index (κ3) is 5.38. The lowest BCUT2D eigenvalue weighted by Crippen LogP contribution is -2.36. The SMILES string of the molecule is O=C(Nc1ccc(N2CCOCC2)cc1)c1ccc(-c2ccccc2OC2CCNCC2)s1. The van der Waals surface area contributed by atoms with E-state index in [1.54, 1.807) is 0 Å². The smallest absolute Gasteiger partial charge is 0.265 e. The molecule has 3 heterocycles. The van der Waals surface area contributed by atoms with Crippen LogP contribution in [0.15, 0.2) is 60.7 Å². The Morgan fingerprint density at radius 3 is 2.55 bits per heavy atom. The van der Waals surface area contributed by atoms with Gasteiger partial charge in [0.05, 0.1) is 18.1 Å². The summed E-state index contributed by atoms with van der Waals surface area (Å²) in [6.07, 6.45) is 2.25. The summed E-state index contributed by atoms with van der Waals surface area (Å²) in [7, 11) is 0. The van der Waals surface area contributed by atoms with Crippen molar-refractivity contribution in [1.29, 1.82) is 0 Å². The van der Waals surface area contributed by atoms with E-state index in [9.17, 15) is 4.79 Å². The van der Waals surface area contributed by atoms with Gasteiger partial charge in [-0.1, -0.05) is 12.1 Å². The van der Waals surface area contributed by atoms with Crippen molar-refractivity contribution in [2.24, 2.45) is 0 Å². The van der Waals surface area contributed by atoms with Gasteiger partial charge in [-0.05, 0) is 74.5 Å². The standard InChI is InChI=1S/C26H29N3O3S/c30-26(28-19-5-7-20(8-6-19)29-15-17-31-18-16-29)25-10-9-24(33-25)22-3-1-2-4-23(22)32-21-11-13-27-14-12-21/h1-10,21,27H,11-18H2,(H,28,30). The number of rotatable bonds is 6. The van der Waals surface area contributed by atoms with Crippen LogP contribution >= 0.6 is 11.3 Å². The van der Waals surface area contributed by atoms with Gasteiger partial charge in [0, 0.05) is 34.9 Å². The third-order valence-electron chi connectivity index (χ3n) is 6.06. The summed E-state index contributed by atoms with van der Waals surface area (Å²) in [5, 5.41) is 6.40. The zero-order valence-electron chi connectivity index (χ0n) is 18.6. The molecule has 172 valence electrons. The van der Waals surface area contributed by atoms with E-state index in [-0.39, 0.29) is 12.0 Å². The predicted octanol–water partition coefficient (Wildman–Crippen LogP) is 4.63. The maximum Gasteiger partial charge on any atom is 0.265 e. The fourth-order valence-electron chi connectivity index (χ4n) is 4.24. The van der Waals surface area contributed by atoms with E-state index in [1.807, 2.05) is 42.5 Å². The molecule has 2 fully saturated rings. The summed E-state index contributed by atoms with van der Waals surface area (Å²) in [5.74, 6) is 0.791. The van der Waals surface area contributed by atoms with Crippen LogP contribution in [0.25, 0.3) is 10.4 Å². The maximum atomic E-state index is 12.9. The number of carbonyl (C=O) groups is 1. The lowest BCUT2D eigenvalue weighted by Gasteiger charge is -2.28. The first-order valence-corrected chi connectivity index (χ1v) is 12.4. The summed E-state index contributed by atoms with van der Waals surface area (Å²) < 4.78 is 11.7. The van der Waals surface area contributed by atoms with Crippen LogP contribution < -0.4 is 20.3 Å². The van der Waals surface area contributed by atoms with Gasteiger partial charge in [-0.15, -0.1) is 11.3 Å². The molecule has 2 aliphatic rings. The highest BCUT2D eigenvalue weighted by molar-refractivity contribution is 7.17. The van der Waals surface area contributed by atoms with Crippen molar-refractivity contribution in [3.05, 3.63) is 65.5 Å². The van der Waals surface area contributed by atoms with Crippen molar-refractivity contribution in [1.82, 2.24) is 5.32 Å². The molecule has 2 aliphatic heterocycles. The molecule has 1 aromatic heterocycles. The van der Waals surface area contributed by atoms with Gasteiger partial charge in [-0.2, -0.15) is 0 Å². The fourth-order valence-corrected chi connectivity index (χ4v) is 5.17. The molecule has 0 aliphatic carbocycles. The molecule has 7 heteroatoms. The minimum absolute atomic E-state index is 0.0953. The lowest BCUT2D eigenvalue weighted by atomic mass is 10.1. The molecule has 33 heavy (non-hydrogen) atoms. The molecule has 0 unspecified atom stereocenters. The van der Waals surface area contributed by atoms with Gasteiger partial charge in [-0.3, -0.25) is 4.79 Å². The topological polar surface area (TPSA) is 62.8 Å². The number of hydrogen-bond acceptors (Lipinski definition) is 6. The Morgan fingerprint density at radius 1 is 1.00 bits per heavy atom. The average molecular weight is 464 g/mol. The number of benzene rings is 2. The number of thiophene rings is 1. The molecular weight excluding hydrogens is 434 g/mol. The third-order valence-corrected chi connectivity index (χ3v) is 7.18. The van der Waals surface area contributed by atoms with E-state index in [0.29, 0.717) is 4.88 Å². The highest BCUT2D eigenvalue weighted by Gasteiger charge is 2.18. The summed E-state index contributed by atoms with van der Waals surface area (Å²) in [5.41, 5.74) is 2.98. The van der Waals surface area contributed by atoms with Crippen molar-refractivity contribution in [3.8, 4) is 16.2 Å². The zero-order chi connectivity index (χ0) is 22.5. The quantitative estimate of drug-likeness (QED) is 0.558. The predicted molar refractivity (Wildman–Crippen MR) is 134 cm³/mol. The van der Waals surface area contributed by atoms with Gasteiger partial charge in [0.2, 0.25) is 0 Å². The summed E-state index contributed by atoms with van der Waals surface area (Å²) in [4.78, 5) is 16.9. The number of nitrogens with zero attached hydrogens (tertiary/aromatic N) is 1. The minimum atomic E-state index is -0.0953. The van der Waals surface area contributed by atoms with E-state index >= 15 is 0 Å². The molecule has 0 radical (unpaired) electrons. The van der Waals surface area contributed by atoms with Crippen molar-refractivity contribution in [2.75, 3.05) is 49.6 Å². The highest BCUT2D eigenvalue weighted by atomic mass is 32.1. The number of hydrogen-bond donors (Lipinski definition) is 2. The molecule has 2 aromatic carbocycles. The van der Waals surface area contributed by atoms with Crippen LogP contribution in [0, 0.1) is 0 Å². The van der Waals surface area contributed by atoms with E-state index in [4.69, 9.17) is 9.47 Å². The monoisotopic (exact) mass is 463 g/mol. The summed E-state index contributed by atoms with van der Waals surface area (Å²) in [6.45, 7) is 5.28. The first-order chi connectivity index (χ1) is 16.3. The van der Waals surface area contributed by atoms with Crippen molar-refractivity contribution in [2.45, 2.75) is 18.9 Å². The second-order valence-corrected chi connectivity index (χ2v) is 9.41. The molecule has 2 N–H and O–H groups in total. The summed E-state index contributed by atoms with van der Waals surface area (Å²) >= 11 is 1.49. The number of piperidine rings is 1. The molecule has 6 nitrogen and oxygen atoms in total. The van der Waals surface area contributed by atoms with Gasteiger partial charge in [0.15, 0.2) is 0 Å². The van der Waals surface area contributed by atoms with Crippen LogP contribution in [-0.2, 0) is 4.74 Å². The van der Waals surface area contributed by atoms with Crippen molar-refractivity contribution < 1.29 is 14.3 Å². The van der Waals surface area contributed by atoms with Gasteiger partial charge < -0.3 is 25.0 Å². The van der Waals surface area contributed by atoms with Crippen LogP contribution in [0.3, 0.4) is 0 Å². The van der Waals surface area contributed by atoms with Crippen molar-refractivity contribution >= 4 is 28.6 Å². The number of carbonyl (C=O) groups excluding carboxylic acids is 1. The van der Waals surface area contributed by atoms with E-state index in [2.05, 4.69) is 33.7 Å². The molecule has 0 bridgehead atoms. The number of anilines is 2. The number of para-hydroxylation sites is 1. The minimum Gasteiger partial charge on any atom is -0.490 e. The molecule has 2 saturated heterocycles. The first kappa shape index (κ1) is 21.9. The van der Waals surface area contributed by atoms with E-state index < -0.39 is 0 Å². The number of amides is 1. The number of nitrogens with one attached hydrogen (secondary N) is 2. The Bertz CT molecular complexity index is 1070. The Labute approximate surface area is 198 Å². The molecule has 5 rings (SSSR count). The van der Waals surface area contributed by atoms with Crippen LogP contribution in [0.2, 0.25) is 0 Å². The molecular formula is C26H29N3O3S. The Hall–Kier alpha value is -2.87. The Balaban J connectivity index is 1.25. The molecule has 3 aromatic rings. The summed E-state index contributed by atoms with van der Waals surface area (Å²) in [6, 6.07) is 20.0. The molecule has 0 saturated carbocycles. The second kappa shape index (κ2) is 10.4. The molecule has 1 amide bonds. The second-order valence-electron chi connectivity index (χ2n) is 8.33. The van der Waals surface area contributed by atoms with Gasteiger partial charge in [0.1, 0.15) is 11.9 Å². The van der Waals surface area contributed by atoms with E-state index in [1.165, 1.54) is 11.3 Å². The van der Waals surface area contributed by atoms with E-state index in [0.717, 1.165) is 79.8 Å². The zero-order valence-corrected chi connectivity index (χ0v) is 19.4. The average Bonchev–Trinajstić information content (AvgIpc) is 3.36. The fraction of sp³-hybridized carbons (Fsp3) is 0.346. The number of ether oxygens (including phenoxy) is 2. The highest BCUT2D eigenvalue weighted by Crippen LogP contribution is 2.36. The van der Waals surface area contributed by atoms with Crippen LogP contribution in [0.4, 0.5) is 11.4 Å². The van der Waals surface area contributed by atoms with Crippen LogP contribution in [-0.4, -0.2) is 51.4 Å². The molecule has 0 spiro atoms. The van der Waals surface area contributed by atoms with Gasteiger partial charge in [0.25, 0.3) is 5.91 Å². The van der Waals surface area contributed by atoms with Crippen molar-refractivity contribution in [3.63, 3.8) is 0 Å². The van der Waals surface area contributed by atoms with Gasteiger partial charge >= 0.3 is 0 Å². The maximum absolute atomic E-state index is 12.9. The lowest BCUT2D eigenvalue weighted by molar-refractivity contribution is 0.103. The van der Waals surface area contributed by atoms with Crippen LogP contribution in [0.1, 0.15) is 22.5 Å². The first-order valence-electron chi connectivity index (χ1n) is 11.6. The molecule has 0 atom stereocenters. The van der Waals surface area contributed by atoms with Crippen LogP contribution in [0.5, 0.6) is 5.75 Å². The number of morpholine rings is 1. The van der Waals surface area contributed by atoms with Gasteiger partial charge in [-0.25, -0.2) is 0 Å². The largest absolute Gasteiger partial charge is 0.490 e. The Kier molecular flexibility index (Phi) is 6.90. The Morgan fingerprint density at radius 2 is 1.76 bits per heavy atom.